The van der Waals surface area contributed by atoms with Gasteiger partial charge in [-0.2, -0.15) is 0 Å². The third-order valence-electron chi connectivity index (χ3n) is 11.4. The largest absolute Gasteiger partial charge is 0.462 e. The SMILES string of the molecule is CC/C=C\C/C=C\C/C=C\C/C=C\C/C=C\C/C=C\CCCCCCCCCCCCCCCCC(=O)OC(CO)COC(=O)CCCCCCCCC/C=C\C/C=C\CCCCC. The molecule has 0 heterocycles. The average molecular weight is 889 g/mol. The maximum Gasteiger partial charge on any atom is 0.306 e. The molecule has 0 aromatic rings. The molecule has 0 saturated carbocycles. The van der Waals surface area contributed by atoms with E-state index < -0.39 is 6.10 Å². The third kappa shape index (κ3) is 51.5. The molecule has 0 bridgehead atoms. The van der Waals surface area contributed by atoms with Crippen LogP contribution in [0.3, 0.4) is 0 Å². The van der Waals surface area contributed by atoms with Crippen LogP contribution in [0.4, 0.5) is 0 Å². The molecule has 0 aromatic heterocycles. The summed E-state index contributed by atoms with van der Waals surface area (Å²) in [6.07, 6.45) is 76.5. The van der Waals surface area contributed by atoms with Crippen LogP contribution in [0.2, 0.25) is 0 Å². The molecule has 0 aliphatic carbocycles. The minimum Gasteiger partial charge on any atom is -0.462 e. The van der Waals surface area contributed by atoms with Gasteiger partial charge in [0.25, 0.3) is 0 Å². The van der Waals surface area contributed by atoms with Gasteiger partial charge in [0.05, 0.1) is 6.61 Å². The Kier molecular flexibility index (Phi) is 51.5. The minimum atomic E-state index is -0.780. The highest BCUT2D eigenvalue weighted by molar-refractivity contribution is 5.70. The first-order chi connectivity index (χ1) is 31.6. The first kappa shape index (κ1) is 60.8. The summed E-state index contributed by atoms with van der Waals surface area (Å²) in [5, 5.41) is 9.63. The van der Waals surface area contributed by atoms with E-state index in [-0.39, 0.29) is 25.2 Å². The van der Waals surface area contributed by atoms with Gasteiger partial charge in [-0.05, 0) is 96.3 Å². The molecule has 0 aromatic carbocycles. The molecule has 5 heteroatoms. The van der Waals surface area contributed by atoms with Gasteiger partial charge in [0.1, 0.15) is 6.61 Å². The lowest BCUT2D eigenvalue weighted by atomic mass is 10.0. The molecule has 64 heavy (non-hydrogen) atoms. The lowest BCUT2D eigenvalue weighted by molar-refractivity contribution is -0.161. The van der Waals surface area contributed by atoms with Gasteiger partial charge in [-0.25, -0.2) is 0 Å². The van der Waals surface area contributed by atoms with Crippen LogP contribution in [-0.4, -0.2) is 36.4 Å². The summed E-state index contributed by atoms with van der Waals surface area (Å²) < 4.78 is 10.7. The Balaban J connectivity index is 3.52. The Bertz CT molecular complexity index is 1230. The zero-order valence-corrected chi connectivity index (χ0v) is 41.8. The monoisotopic (exact) mass is 889 g/mol. The second-order valence-corrected chi connectivity index (χ2v) is 17.6. The molecule has 0 radical (unpaired) electrons. The lowest BCUT2D eigenvalue weighted by Crippen LogP contribution is -2.28. The van der Waals surface area contributed by atoms with Gasteiger partial charge in [-0.3, -0.25) is 9.59 Å². The highest BCUT2D eigenvalue weighted by atomic mass is 16.6. The van der Waals surface area contributed by atoms with E-state index in [1.54, 1.807) is 0 Å². The summed E-state index contributed by atoms with van der Waals surface area (Å²) in [7, 11) is 0. The Morgan fingerprint density at radius 2 is 0.672 bits per heavy atom. The zero-order valence-electron chi connectivity index (χ0n) is 41.8. The maximum absolute atomic E-state index is 12.3. The Morgan fingerprint density at radius 3 is 1.02 bits per heavy atom. The van der Waals surface area contributed by atoms with Crippen molar-refractivity contribution in [2.24, 2.45) is 0 Å². The van der Waals surface area contributed by atoms with E-state index in [9.17, 15) is 14.7 Å². The van der Waals surface area contributed by atoms with Crippen LogP contribution >= 0.6 is 0 Å². The molecule has 0 rings (SSSR count). The van der Waals surface area contributed by atoms with Crippen molar-refractivity contribution in [2.45, 2.75) is 251 Å². The normalized spacial score (nSPS) is 13.0. The molecule has 0 amide bonds. The number of ether oxygens (including phenoxy) is 2. The number of hydrogen-bond donors (Lipinski definition) is 1. The summed E-state index contributed by atoms with van der Waals surface area (Å²) in [6, 6.07) is 0. The summed E-state index contributed by atoms with van der Waals surface area (Å²) >= 11 is 0. The number of carbonyl (C=O) groups is 2. The molecule has 1 atom stereocenters. The van der Waals surface area contributed by atoms with Crippen molar-refractivity contribution in [3.05, 3.63) is 97.2 Å². The molecular formula is C59H100O5. The van der Waals surface area contributed by atoms with Crippen molar-refractivity contribution in [1.29, 1.82) is 0 Å². The fourth-order valence-corrected chi connectivity index (χ4v) is 7.35. The smallest absolute Gasteiger partial charge is 0.306 e. The molecule has 1 unspecified atom stereocenters. The van der Waals surface area contributed by atoms with E-state index in [1.807, 2.05) is 0 Å². The van der Waals surface area contributed by atoms with E-state index in [1.165, 1.54) is 128 Å². The van der Waals surface area contributed by atoms with Crippen LogP contribution in [0.1, 0.15) is 245 Å². The van der Waals surface area contributed by atoms with E-state index in [0.29, 0.717) is 12.8 Å². The first-order valence-electron chi connectivity index (χ1n) is 26.8. The third-order valence-corrected chi connectivity index (χ3v) is 11.4. The molecular weight excluding hydrogens is 789 g/mol. The van der Waals surface area contributed by atoms with Gasteiger partial charge in [0, 0.05) is 12.8 Å². The van der Waals surface area contributed by atoms with Crippen molar-refractivity contribution >= 4 is 11.9 Å². The first-order valence-corrected chi connectivity index (χ1v) is 26.8. The molecule has 5 nitrogen and oxygen atoms in total. The van der Waals surface area contributed by atoms with E-state index in [4.69, 9.17) is 9.47 Å². The van der Waals surface area contributed by atoms with Crippen LogP contribution in [0.15, 0.2) is 97.2 Å². The van der Waals surface area contributed by atoms with Crippen LogP contribution in [-0.2, 0) is 19.1 Å². The number of allylic oxidation sites excluding steroid dienone is 16. The van der Waals surface area contributed by atoms with Crippen molar-refractivity contribution < 1.29 is 24.2 Å². The number of rotatable bonds is 48. The van der Waals surface area contributed by atoms with Crippen LogP contribution < -0.4 is 0 Å². The van der Waals surface area contributed by atoms with Crippen molar-refractivity contribution in [3.8, 4) is 0 Å². The second kappa shape index (κ2) is 54.2. The Labute approximate surface area is 396 Å². The van der Waals surface area contributed by atoms with Crippen LogP contribution in [0, 0.1) is 0 Å². The maximum atomic E-state index is 12.3. The summed E-state index contributed by atoms with van der Waals surface area (Å²) in [4.78, 5) is 24.5. The van der Waals surface area contributed by atoms with Crippen LogP contribution in [0.5, 0.6) is 0 Å². The van der Waals surface area contributed by atoms with Crippen LogP contribution in [0.25, 0.3) is 0 Å². The number of aliphatic hydroxyl groups excluding tert-OH is 1. The fraction of sp³-hybridized carbons (Fsp3) is 0.695. The molecule has 0 fully saturated rings. The summed E-state index contributed by atoms with van der Waals surface area (Å²) in [5.74, 6) is -0.600. The van der Waals surface area contributed by atoms with Gasteiger partial charge < -0.3 is 14.6 Å². The summed E-state index contributed by atoms with van der Waals surface area (Å²) in [5.41, 5.74) is 0. The Hall–Kier alpha value is -3.18. The van der Waals surface area contributed by atoms with Gasteiger partial charge in [-0.15, -0.1) is 0 Å². The van der Waals surface area contributed by atoms with Gasteiger partial charge >= 0.3 is 11.9 Å². The predicted octanol–water partition coefficient (Wildman–Crippen LogP) is 18.0. The van der Waals surface area contributed by atoms with E-state index in [2.05, 4.69) is 111 Å². The molecule has 0 aliphatic heterocycles. The van der Waals surface area contributed by atoms with Gasteiger partial charge in [0.15, 0.2) is 6.10 Å². The highest BCUT2D eigenvalue weighted by Crippen LogP contribution is 2.15. The van der Waals surface area contributed by atoms with Crippen molar-refractivity contribution in [3.63, 3.8) is 0 Å². The number of esters is 2. The molecule has 0 spiro atoms. The fourth-order valence-electron chi connectivity index (χ4n) is 7.35. The molecule has 0 aliphatic rings. The zero-order chi connectivity index (χ0) is 46.3. The standard InChI is InChI=1S/C59H100O5/c1-3-5-7-9-11-13-15-17-19-21-22-23-24-25-26-27-28-29-30-31-32-33-34-35-36-38-40-42-44-46-48-50-52-54-59(62)64-57(55-60)56-63-58(61)53-51-49-47-45-43-41-39-37-20-18-16-14-12-10-8-6-4-2/h5,7,11-14,17-20,22-23,25-26,28-29,57,60H,3-4,6,8-10,15-16,21,24,27,30-56H2,1-2H3/b7-5-,13-11-,14-12-,19-17-,20-18-,23-22-,26-25-,29-28-. The van der Waals surface area contributed by atoms with E-state index >= 15 is 0 Å². The lowest BCUT2D eigenvalue weighted by Gasteiger charge is -2.15. The van der Waals surface area contributed by atoms with E-state index in [0.717, 1.165) is 89.9 Å². The molecule has 366 valence electrons. The predicted molar refractivity (Wildman–Crippen MR) is 279 cm³/mol. The number of aliphatic hydroxyl groups is 1. The number of unbranched alkanes of at least 4 members (excludes halogenated alkanes) is 24. The minimum absolute atomic E-state index is 0.0729. The molecule has 1 N–H and O–H groups in total. The second-order valence-electron chi connectivity index (χ2n) is 17.6. The van der Waals surface area contributed by atoms with Crippen molar-refractivity contribution in [1.82, 2.24) is 0 Å². The van der Waals surface area contributed by atoms with Gasteiger partial charge in [0.2, 0.25) is 0 Å². The number of hydrogen-bond acceptors (Lipinski definition) is 5. The topological polar surface area (TPSA) is 72.8 Å². The van der Waals surface area contributed by atoms with Crippen molar-refractivity contribution in [2.75, 3.05) is 13.2 Å². The highest BCUT2D eigenvalue weighted by Gasteiger charge is 2.16. The molecule has 0 saturated heterocycles. The number of carbonyl (C=O) groups excluding carboxylic acids is 2. The van der Waals surface area contributed by atoms with Gasteiger partial charge in [-0.1, -0.05) is 233 Å². The Morgan fingerprint density at radius 1 is 0.375 bits per heavy atom. The summed E-state index contributed by atoms with van der Waals surface area (Å²) in [6.45, 7) is 4.00. The average Bonchev–Trinajstić information content (AvgIpc) is 3.30. The quantitative estimate of drug-likeness (QED) is 0.0374.